The van der Waals surface area contributed by atoms with Crippen molar-refractivity contribution in [1.29, 1.82) is 0 Å². The van der Waals surface area contributed by atoms with Crippen LogP contribution in [0.25, 0.3) is 10.9 Å². The quantitative estimate of drug-likeness (QED) is 0.863. The predicted molar refractivity (Wildman–Crippen MR) is 75.2 cm³/mol. The molecule has 0 saturated carbocycles. The molecule has 6 heteroatoms. The number of aromatic nitrogens is 2. The van der Waals surface area contributed by atoms with Crippen molar-refractivity contribution in [3.8, 4) is 0 Å². The van der Waals surface area contributed by atoms with Crippen molar-refractivity contribution in [3.63, 3.8) is 0 Å². The third kappa shape index (κ3) is 2.63. The SMILES string of the molecule is N[C@H]1CCN(Cc2nc3ccc(Cl)cc3c(=O)[nH]2)C1. The Morgan fingerprint density at radius 3 is 3.11 bits per heavy atom. The molecule has 1 aliphatic rings. The van der Waals surface area contributed by atoms with Crippen molar-refractivity contribution in [2.45, 2.75) is 19.0 Å². The summed E-state index contributed by atoms with van der Waals surface area (Å²) in [7, 11) is 0. The molecular formula is C13H15ClN4O. The van der Waals surface area contributed by atoms with Crippen LogP contribution in [0.5, 0.6) is 0 Å². The highest BCUT2D eigenvalue weighted by Crippen LogP contribution is 2.15. The molecule has 1 aliphatic heterocycles. The number of H-pyrrole nitrogens is 1. The normalized spacial score (nSPS) is 20.2. The van der Waals surface area contributed by atoms with Gasteiger partial charge in [-0.25, -0.2) is 4.98 Å². The smallest absolute Gasteiger partial charge is 0.258 e. The van der Waals surface area contributed by atoms with Gasteiger partial charge in [0.25, 0.3) is 5.56 Å². The zero-order valence-electron chi connectivity index (χ0n) is 10.4. The highest BCUT2D eigenvalue weighted by atomic mass is 35.5. The second-order valence-electron chi connectivity index (χ2n) is 4.96. The first-order chi connectivity index (χ1) is 9.11. The summed E-state index contributed by atoms with van der Waals surface area (Å²) in [6.45, 7) is 2.42. The van der Waals surface area contributed by atoms with Gasteiger partial charge < -0.3 is 10.7 Å². The van der Waals surface area contributed by atoms with Crippen molar-refractivity contribution in [2.75, 3.05) is 13.1 Å². The van der Waals surface area contributed by atoms with Gasteiger partial charge in [-0.3, -0.25) is 9.69 Å². The molecule has 5 nitrogen and oxygen atoms in total. The molecule has 0 spiro atoms. The number of fused-ring (bicyclic) bond motifs is 1. The Labute approximate surface area is 115 Å². The summed E-state index contributed by atoms with van der Waals surface area (Å²) in [4.78, 5) is 21.5. The number of halogens is 1. The number of nitrogens with two attached hydrogens (primary N) is 1. The van der Waals surface area contributed by atoms with Gasteiger partial charge in [-0.15, -0.1) is 0 Å². The third-order valence-electron chi connectivity index (χ3n) is 3.40. The minimum atomic E-state index is -0.147. The lowest BCUT2D eigenvalue weighted by atomic mass is 10.2. The molecule has 1 saturated heterocycles. The van der Waals surface area contributed by atoms with Gasteiger partial charge in [-0.2, -0.15) is 0 Å². The lowest BCUT2D eigenvalue weighted by Gasteiger charge is -2.14. The van der Waals surface area contributed by atoms with E-state index in [0.29, 0.717) is 28.3 Å². The van der Waals surface area contributed by atoms with E-state index in [2.05, 4.69) is 14.9 Å². The zero-order valence-corrected chi connectivity index (χ0v) is 11.2. The Hall–Kier alpha value is -1.43. The van der Waals surface area contributed by atoms with Gasteiger partial charge in [0.05, 0.1) is 17.4 Å². The van der Waals surface area contributed by atoms with E-state index in [1.165, 1.54) is 0 Å². The average Bonchev–Trinajstić information content (AvgIpc) is 2.76. The maximum atomic E-state index is 12.0. The number of hydrogen-bond donors (Lipinski definition) is 2. The highest BCUT2D eigenvalue weighted by Gasteiger charge is 2.19. The Kier molecular flexibility index (Phi) is 3.26. The fourth-order valence-corrected chi connectivity index (χ4v) is 2.62. The van der Waals surface area contributed by atoms with Crippen molar-refractivity contribution < 1.29 is 0 Å². The van der Waals surface area contributed by atoms with Gasteiger partial charge in [0.1, 0.15) is 5.82 Å². The van der Waals surface area contributed by atoms with Crippen molar-refractivity contribution >= 4 is 22.5 Å². The topological polar surface area (TPSA) is 75.0 Å². The monoisotopic (exact) mass is 278 g/mol. The largest absolute Gasteiger partial charge is 0.326 e. The lowest BCUT2D eigenvalue weighted by Crippen LogP contribution is -2.27. The van der Waals surface area contributed by atoms with E-state index in [9.17, 15) is 4.79 Å². The van der Waals surface area contributed by atoms with E-state index < -0.39 is 0 Å². The van der Waals surface area contributed by atoms with Crippen LogP contribution in [-0.2, 0) is 6.54 Å². The summed E-state index contributed by atoms with van der Waals surface area (Å²) < 4.78 is 0. The molecule has 1 fully saturated rings. The molecule has 100 valence electrons. The first-order valence-corrected chi connectivity index (χ1v) is 6.66. The summed E-state index contributed by atoms with van der Waals surface area (Å²) in [6, 6.07) is 5.38. The van der Waals surface area contributed by atoms with Crippen LogP contribution in [-0.4, -0.2) is 34.0 Å². The van der Waals surface area contributed by atoms with Crippen LogP contribution in [0.4, 0.5) is 0 Å². The van der Waals surface area contributed by atoms with Crippen molar-refractivity contribution in [2.24, 2.45) is 5.73 Å². The molecule has 0 amide bonds. The minimum Gasteiger partial charge on any atom is -0.326 e. The molecule has 3 N–H and O–H groups in total. The first-order valence-electron chi connectivity index (χ1n) is 6.28. The number of rotatable bonds is 2. The Balaban J connectivity index is 1.93. The maximum Gasteiger partial charge on any atom is 0.258 e. The van der Waals surface area contributed by atoms with Crippen molar-refractivity contribution in [1.82, 2.24) is 14.9 Å². The molecule has 0 unspecified atom stereocenters. The number of likely N-dealkylation sites (tertiary alicyclic amines) is 1. The van der Waals surface area contributed by atoms with Crippen LogP contribution in [0.1, 0.15) is 12.2 Å². The molecule has 0 radical (unpaired) electrons. The molecule has 1 aromatic carbocycles. The van der Waals surface area contributed by atoms with Crippen LogP contribution >= 0.6 is 11.6 Å². The Bertz CT molecular complexity index is 669. The summed E-state index contributed by atoms with van der Waals surface area (Å²) in [5.41, 5.74) is 6.39. The van der Waals surface area contributed by atoms with E-state index in [0.717, 1.165) is 19.5 Å². The minimum absolute atomic E-state index is 0.147. The fourth-order valence-electron chi connectivity index (χ4n) is 2.45. The van der Waals surface area contributed by atoms with Gasteiger partial charge in [0.15, 0.2) is 0 Å². The van der Waals surface area contributed by atoms with E-state index >= 15 is 0 Å². The second kappa shape index (κ2) is 4.92. The lowest BCUT2D eigenvalue weighted by molar-refractivity contribution is 0.318. The average molecular weight is 279 g/mol. The molecular weight excluding hydrogens is 264 g/mol. The van der Waals surface area contributed by atoms with Crippen LogP contribution in [0, 0.1) is 0 Å². The first kappa shape index (κ1) is 12.6. The molecule has 19 heavy (non-hydrogen) atoms. The zero-order chi connectivity index (χ0) is 13.4. The van der Waals surface area contributed by atoms with Crippen LogP contribution in [0.15, 0.2) is 23.0 Å². The van der Waals surface area contributed by atoms with E-state index in [4.69, 9.17) is 17.3 Å². The molecule has 1 aromatic heterocycles. The van der Waals surface area contributed by atoms with Crippen LogP contribution in [0.2, 0.25) is 5.02 Å². The van der Waals surface area contributed by atoms with Gasteiger partial charge in [-0.05, 0) is 24.6 Å². The number of aromatic amines is 1. The summed E-state index contributed by atoms with van der Waals surface area (Å²) >= 11 is 5.88. The third-order valence-corrected chi connectivity index (χ3v) is 3.63. The Morgan fingerprint density at radius 2 is 2.37 bits per heavy atom. The summed E-state index contributed by atoms with van der Waals surface area (Å²) in [5, 5.41) is 1.06. The molecule has 0 aliphatic carbocycles. The molecule has 0 bridgehead atoms. The van der Waals surface area contributed by atoms with E-state index in [1.807, 2.05) is 0 Å². The molecule has 3 rings (SSSR count). The molecule has 1 atom stereocenters. The number of nitrogens with zero attached hydrogens (tertiary/aromatic N) is 2. The second-order valence-corrected chi connectivity index (χ2v) is 5.39. The number of benzene rings is 1. The summed E-state index contributed by atoms with van der Waals surface area (Å²) in [5.74, 6) is 0.675. The highest BCUT2D eigenvalue weighted by molar-refractivity contribution is 6.31. The molecule has 2 aromatic rings. The predicted octanol–water partition coefficient (Wildman–Crippen LogP) is 1.11. The fraction of sp³-hybridized carbons (Fsp3) is 0.385. The van der Waals surface area contributed by atoms with Crippen molar-refractivity contribution in [3.05, 3.63) is 39.4 Å². The number of hydrogen-bond acceptors (Lipinski definition) is 4. The maximum absolute atomic E-state index is 12.0. The summed E-state index contributed by atoms with van der Waals surface area (Å²) in [6.07, 6.45) is 0.993. The van der Waals surface area contributed by atoms with Gasteiger partial charge in [-0.1, -0.05) is 11.6 Å². The van der Waals surface area contributed by atoms with E-state index in [-0.39, 0.29) is 11.6 Å². The standard InChI is InChI=1S/C13H15ClN4O/c14-8-1-2-11-10(5-8)13(19)17-12(16-11)7-18-4-3-9(15)6-18/h1-2,5,9H,3-4,6-7,15H2,(H,16,17,19)/t9-/m0/s1. The number of nitrogens with one attached hydrogen (secondary N) is 1. The Morgan fingerprint density at radius 1 is 1.53 bits per heavy atom. The molecule has 2 heterocycles. The van der Waals surface area contributed by atoms with E-state index in [1.54, 1.807) is 18.2 Å². The van der Waals surface area contributed by atoms with Gasteiger partial charge in [0.2, 0.25) is 0 Å². The van der Waals surface area contributed by atoms with Gasteiger partial charge >= 0.3 is 0 Å². The van der Waals surface area contributed by atoms with Crippen LogP contribution < -0.4 is 11.3 Å². The van der Waals surface area contributed by atoms with Crippen LogP contribution in [0.3, 0.4) is 0 Å². The van der Waals surface area contributed by atoms with Gasteiger partial charge in [0, 0.05) is 24.2 Å².